The Balaban J connectivity index is 2.51. The maximum atomic E-state index is 11.8. The van der Waals surface area contributed by atoms with Gasteiger partial charge >= 0.3 is 6.03 Å². The van der Waals surface area contributed by atoms with Crippen LogP contribution in [0.25, 0.3) is 0 Å². The number of carbonyl (C=O) groups excluding carboxylic acids is 2. The Morgan fingerprint density at radius 3 is 1.80 bits per heavy atom. The fourth-order valence-electron chi connectivity index (χ4n) is 1.54. The van der Waals surface area contributed by atoms with Crippen molar-refractivity contribution in [2.45, 2.75) is 19.4 Å². The predicted molar refractivity (Wildman–Crippen MR) is 56.0 cm³/mol. The largest absolute Gasteiger partial charge is 0.351 e. The van der Waals surface area contributed by atoms with Crippen molar-refractivity contribution in [2.75, 3.05) is 26.2 Å². The molecular weight excluding hydrogens is 196 g/mol. The molecule has 0 radical (unpaired) electrons. The summed E-state index contributed by atoms with van der Waals surface area (Å²) >= 11 is 0. The zero-order valence-electron chi connectivity index (χ0n) is 9.19. The number of primary amides is 1. The molecule has 6 nitrogen and oxygen atoms in total. The van der Waals surface area contributed by atoms with E-state index in [-0.39, 0.29) is 5.91 Å². The van der Waals surface area contributed by atoms with Crippen LogP contribution in [0.4, 0.5) is 4.79 Å². The maximum absolute atomic E-state index is 11.8. The van der Waals surface area contributed by atoms with E-state index >= 15 is 0 Å². The van der Waals surface area contributed by atoms with Crippen molar-refractivity contribution in [2.24, 2.45) is 11.5 Å². The van der Waals surface area contributed by atoms with Gasteiger partial charge in [-0.15, -0.1) is 0 Å². The van der Waals surface area contributed by atoms with Gasteiger partial charge in [0.15, 0.2) is 0 Å². The fraction of sp³-hybridized carbons (Fsp3) is 0.778. The summed E-state index contributed by atoms with van der Waals surface area (Å²) in [5.41, 5.74) is 9.99. The van der Waals surface area contributed by atoms with Crippen molar-refractivity contribution >= 4 is 11.9 Å². The molecule has 0 unspecified atom stereocenters. The van der Waals surface area contributed by atoms with Gasteiger partial charge in [0.2, 0.25) is 5.91 Å². The lowest BCUT2D eigenvalue weighted by Crippen LogP contribution is -2.58. The van der Waals surface area contributed by atoms with E-state index in [1.807, 2.05) is 0 Å². The Kier molecular flexibility index (Phi) is 3.18. The van der Waals surface area contributed by atoms with Gasteiger partial charge in [-0.2, -0.15) is 0 Å². The molecule has 1 saturated heterocycles. The van der Waals surface area contributed by atoms with E-state index in [2.05, 4.69) is 0 Å². The van der Waals surface area contributed by atoms with E-state index in [1.54, 1.807) is 18.7 Å². The zero-order valence-corrected chi connectivity index (χ0v) is 9.19. The second kappa shape index (κ2) is 4.06. The number of hydrogen-bond donors (Lipinski definition) is 2. The first-order valence-corrected chi connectivity index (χ1v) is 4.95. The summed E-state index contributed by atoms with van der Waals surface area (Å²) in [6, 6.07) is -0.436. The van der Waals surface area contributed by atoms with Crippen LogP contribution in [0.3, 0.4) is 0 Å². The van der Waals surface area contributed by atoms with E-state index in [1.165, 1.54) is 4.90 Å². The van der Waals surface area contributed by atoms with Crippen molar-refractivity contribution in [1.29, 1.82) is 0 Å². The SMILES string of the molecule is CC(C)(N)C(=O)N1CCN(C(N)=O)CC1. The highest BCUT2D eigenvalue weighted by Gasteiger charge is 2.30. The molecule has 0 spiro atoms. The normalized spacial score (nSPS) is 17.8. The molecule has 0 aliphatic carbocycles. The van der Waals surface area contributed by atoms with E-state index in [4.69, 9.17) is 11.5 Å². The molecular formula is C9H18N4O2. The molecule has 0 atom stereocenters. The average molecular weight is 214 g/mol. The van der Waals surface area contributed by atoms with Crippen LogP contribution in [0, 0.1) is 0 Å². The minimum Gasteiger partial charge on any atom is -0.351 e. The number of carbonyl (C=O) groups is 2. The Bertz CT molecular complexity index is 264. The van der Waals surface area contributed by atoms with Gasteiger partial charge in [-0.05, 0) is 13.8 Å². The van der Waals surface area contributed by atoms with Crippen LogP contribution in [-0.4, -0.2) is 53.5 Å². The lowest BCUT2D eigenvalue weighted by atomic mass is 10.1. The smallest absolute Gasteiger partial charge is 0.314 e. The third-order valence-electron chi connectivity index (χ3n) is 2.43. The fourth-order valence-corrected chi connectivity index (χ4v) is 1.54. The van der Waals surface area contributed by atoms with Gasteiger partial charge in [-0.3, -0.25) is 4.79 Å². The molecule has 6 heteroatoms. The van der Waals surface area contributed by atoms with E-state index in [0.29, 0.717) is 26.2 Å². The summed E-state index contributed by atoms with van der Waals surface area (Å²) in [4.78, 5) is 25.8. The Morgan fingerprint density at radius 2 is 1.47 bits per heavy atom. The number of amides is 3. The number of piperazine rings is 1. The van der Waals surface area contributed by atoms with Crippen LogP contribution in [0.15, 0.2) is 0 Å². The average Bonchev–Trinajstić information content (AvgIpc) is 2.15. The van der Waals surface area contributed by atoms with Crippen LogP contribution in [-0.2, 0) is 4.79 Å². The molecule has 1 fully saturated rings. The van der Waals surface area contributed by atoms with Crippen molar-refractivity contribution in [3.05, 3.63) is 0 Å². The molecule has 0 saturated carbocycles. The zero-order chi connectivity index (χ0) is 11.6. The minimum atomic E-state index is -0.852. The van der Waals surface area contributed by atoms with Crippen LogP contribution in [0.1, 0.15) is 13.8 Å². The maximum Gasteiger partial charge on any atom is 0.314 e. The van der Waals surface area contributed by atoms with Crippen LogP contribution in [0.2, 0.25) is 0 Å². The van der Waals surface area contributed by atoms with E-state index < -0.39 is 11.6 Å². The Morgan fingerprint density at radius 1 is 1.07 bits per heavy atom. The lowest BCUT2D eigenvalue weighted by molar-refractivity contribution is -0.137. The summed E-state index contributed by atoms with van der Waals surface area (Å²) in [6.45, 7) is 5.32. The molecule has 15 heavy (non-hydrogen) atoms. The van der Waals surface area contributed by atoms with Crippen molar-refractivity contribution in [1.82, 2.24) is 9.80 Å². The van der Waals surface area contributed by atoms with Gasteiger partial charge in [0.05, 0.1) is 5.54 Å². The van der Waals surface area contributed by atoms with Gasteiger partial charge < -0.3 is 21.3 Å². The standard InChI is InChI=1S/C9H18N4O2/c1-9(2,11)7(14)12-3-5-13(6-4-12)8(10)15/h3-6,11H2,1-2H3,(H2,10,15). The number of nitrogens with zero attached hydrogens (tertiary/aromatic N) is 2. The number of hydrogen-bond acceptors (Lipinski definition) is 3. The topological polar surface area (TPSA) is 92.7 Å². The molecule has 0 aromatic heterocycles. The van der Waals surface area contributed by atoms with E-state index in [0.717, 1.165) is 0 Å². The van der Waals surface area contributed by atoms with Crippen LogP contribution < -0.4 is 11.5 Å². The highest BCUT2D eigenvalue weighted by molar-refractivity contribution is 5.85. The van der Waals surface area contributed by atoms with Crippen LogP contribution in [0.5, 0.6) is 0 Å². The molecule has 1 aliphatic rings. The molecule has 0 aromatic carbocycles. The molecule has 0 aromatic rings. The van der Waals surface area contributed by atoms with Gasteiger partial charge in [-0.1, -0.05) is 0 Å². The van der Waals surface area contributed by atoms with Gasteiger partial charge in [0.25, 0.3) is 0 Å². The molecule has 86 valence electrons. The highest BCUT2D eigenvalue weighted by atomic mass is 16.2. The molecule has 0 bridgehead atoms. The first kappa shape index (κ1) is 11.8. The monoisotopic (exact) mass is 214 g/mol. The minimum absolute atomic E-state index is 0.0911. The van der Waals surface area contributed by atoms with E-state index in [9.17, 15) is 9.59 Å². The molecule has 1 heterocycles. The molecule has 3 amide bonds. The third-order valence-corrected chi connectivity index (χ3v) is 2.43. The van der Waals surface area contributed by atoms with Crippen molar-refractivity contribution in [3.63, 3.8) is 0 Å². The summed E-state index contributed by atoms with van der Waals surface area (Å²) in [5, 5.41) is 0. The van der Waals surface area contributed by atoms with Gasteiger partial charge in [-0.25, -0.2) is 4.79 Å². The second-order valence-electron chi connectivity index (χ2n) is 4.34. The molecule has 1 aliphatic heterocycles. The third kappa shape index (κ3) is 2.82. The number of urea groups is 1. The Labute approximate surface area is 89.2 Å². The van der Waals surface area contributed by atoms with Crippen LogP contribution >= 0.6 is 0 Å². The molecule has 1 rings (SSSR count). The Hall–Kier alpha value is -1.30. The molecule has 4 N–H and O–H groups in total. The second-order valence-corrected chi connectivity index (χ2v) is 4.34. The summed E-state index contributed by atoms with van der Waals surface area (Å²) in [7, 11) is 0. The quantitative estimate of drug-likeness (QED) is 0.583. The van der Waals surface area contributed by atoms with Crippen molar-refractivity contribution in [3.8, 4) is 0 Å². The summed E-state index contributed by atoms with van der Waals surface area (Å²) < 4.78 is 0. The first-order chi connectivity index (χ1) is 6.82. The van der Waals surface area contributed by atoms with Crippen molar-refractivity contribution < 1.29 is 9.59 Å². The summed E-state index contributed by atoms with van der Waals surface area (Å²) in [6.07, 6.45) is 0. The number of rotatable bonds is 1. The summed E-state index contributed by atoms with van der Waals surface area (Å²) in [5.74, 6) is -0.0911. The number of nitrogens with two attached hydrogens (primary N) is 2. The first-order valence-electron chi connectivity index (χ1n) is 4.95. The van der Waals surface area contributed by atoms with Gasteiger partial charge in [0, 0.05) is 26.2 Å². The highest BCUT2D eigenvalue weighted by Crippen LogP contribution is 2.08. The lowest BCUT2D eigenvalue weighted by Gasteiger charge is -2.36. The predicted octanol–water partition coefficient (Wildman–Crippen LogP) is -1.05. The van der Waals surface area contributed by atoms with Gasteiger partial charge in [0.1, 0.15) is 0 Å².